The van der Waals surface area contributed by atoms with Crippen molar-refractivity contribution in [2.45, 2.75) is 4.90 Å². The Morgan fingerprint density at radius 3 is 2.44 bits per heavy atom. The maximum atomic E-state index is 13.5. The molecule has 1 aromatic heterocycles. The van der Waals surface area contributed by atoms with E-state index in [2.05, 4.69) is 10.3 Å². The number of halogens is 1. The number of carboxylic acids is 1. The van der Waals surface area contributed by atoms with Gasteiger partial charge in [-0.15, -0.1) is 0 Å². The van der Waals surface area contributed by atoms with Gasteiger partial charge < -0.3 is 10.4 Å². The van der Waals surface area contributed by atoms with Crippen molar-refractivity contribution < 1.29 is 22.7 Å². The summed E-state index contributed by atoms with van der Waals surface area (Å²) in [6.07, 6.45) is 0. The molecule has 0 fully saturated rings. The predicted octanol–water partition coefficient (Wildman–Crippen LogP) is 4.71. The Labute approximate surface area is 187 Å². The van der Waals surface area contributed by atoms with Crippen LogP contribution in [0.2, 0.25) is 0 Å². The van der Waals surface area contributed by atoms with Crippen LogP contribution < -0.4 is 10.5 Å². The molecule has 0 saturated heterocycles. The highest BCUT2D eigenvalue weighted by molar-refractivity contribution is 7.89. The molecule has 32 heavy (non-hydrogen) atoms. The standard InChI is InChI=1S/C22H16FN3O4S2/c23-15-10-8-13(9-11-15)19-20(17-6-1-2-7-18(17)32(24,29)30)31-22(26-19)25-16-5-3-4-14(12-16)21(27)28/h1-12H,(H,25,26)(H,27,28)(H2,24,29,30). The molecule has 0 saturated carbocycles. The molecule has 0 radical (unpaired) electrons. The largest absolute Gasteiger partial charge is 0.478 e. The second-order valence-electron chi connectivity index (χ2n) is 6.76. The van der Waals surface area contributed by atoms with Crippen LogP contribution in [-0.2, 0) is 10.0 Å². The molecular weight excluding hydrogens is 453 g/mol. The molecule has 0 atom stereocenters. The number of hydrogen-bond acceptors (Lipinski definition) is 6. The van der Waals surface area contributed by atoms with E-state index < -0.39 is 21.8 Å². The number of hydrogen-bond donors (Lipinski definition) is 3. The summed E-state index contributed by atoms with van der Waals surface area (Å²) < 4.78 is 37.8. The van der Waals surface area contributed by atoms with Crippen molar-refractivity contribution in [2.24, 2.45) is 5.14 Å². The number of aromatic nitrogens is 1. The molecule has 10 heteroatoms. The fourth-order valence-corrected chi connectivity index (χ4v) is 4.97. The molecule has 4 aromatic rings. The number of aromatic carboxylic acids is 1. The zero-order chi connectivity index (χ0) is 22.9. The van der Waals surface area contributed by atoms with Crippen LogP contribution in [0.1, 0.15) is 10.4 Å². The lowest BCUT2D eigenvalue weighted by Crippen LogP contribution is -2.13. The molecule has 1 heterocycles. The van der Waals surface area contributed by atoms with Crippen LogP contribution in [0.25, 0.3) is 21.7 Å². The molecule has 3 aromatic carbocycles. The Morgan fingerprint density at radius 2 is 1.75 bits per heavy atom. The average molecular weight is 470 g/mol. The van der Waals surface area contributed by atoms with Crippen molar-refractivity contribution in [1.82, 2.24) is 4.98 Å². The SMILES string of the molecule is NS(=O)(=O)c1ccccc1-c1sc(Nc2cccc(C(=O)O)c2)nc1-c1ccc(F)cc1. The van der Waals surface area contributed by atoms with Crippen LogP contribution in [0.3, 0.4) is 0 Å². The summed E-state index contributed by atoms with van der Waals surface area (Å²) in [7, 11) is -4.02. The molecule has 0 amide bonds. The zero-order valence-electron chi connectivity index (χ0n) is 16.3. The van der Waals surface area contributed by atoms with Crippen molar-refractivity contribution in [3.63, 3.8) is 0 Å². The monoisotopic (exact) mass is 469 g/mol. The topological polar surface area (TPSA) is 122 Å². The molecule has 4 N–H and O–H groups in total. The van der Waals surface area contributed by atoms with Gasteiger partial charge in [0.15, 0.2) is 5.13 Å². The number of rotatable bonds is 6. The van der Waals surface area contributed by atoms with Gasteiger partial charge in [-0.25, -0.2) is 27.7 Å². The second-order valence-corrected chi connectivity index (χ2v) is 9.28. The van der Waals surface area contributed by atoms with Crippen molar-refractivity contribution in [3.05, 3.63) is 84.2 Å². The van der Waals surface area contributed by atoms with E-state index in [0.717, 1.165) is 0 Å². The quantitative estimate of drug-likeness (QED) is 0.376. The third-order valence-corrected chi connectivity index (χ3v) is 6.52. The number of carbonyl (C=O) groups is 1. The van der Waals surface area contributed by atoms with E-state index in [9.17, 15) is 22.7 Å². The average Bonchev–Trinajstić information content (AvgIpc) is 3.17. The zero-order valence-corrected chi connectivity index (χ0v) is 18.0. The van der Waals surface area contributed by atoms with Crippen molar-refractivity contribution in [1.29, 1.82) is 0 Å². The van der Waals surface area contributed by atoms with E-state index >= 15 is 0 Å². The molecule has 4 rings (SSSR count). The van der Waals surface area contributed by atoms with Crippen molar-refractivity contribution in [2.75, 3.05) is 5.32 Å². The van der Waals surface area contributed by atoms with Crippen LogP contribution in [0.4, 0.5) is 15.2 Å². The Hall–Kier alpha value is -3.60. The lowest BCUT2D eigenvalue weighted by atomic mass is 10.1. The highest BCUT2D eigenvalue weighted by Gasteiger charge is 2.22. The molecule has 162 valence electrons. The molecule has 0 unspecified atom stereocenters. The summed E-state index contributed by atoms with van der Waals surface area (Å²) in [4.78, 5) is 16.3. The Kier molecular flexibility index (Phi) is 5.74. The van der Waals surface area contributed by atoms with Gasteiger partial charge in [-0.05, 0) is 48.5 Å². The number of nitrogens with zero attached hydrogens (tertiary/aromatic N) is 1. The van der Waals surface area contributed by atoms with Crippen LogP contribution in [0.5, 0.6) is 0 Å². The van der Waals surface area contributed by atoms with Gasteiger partial charge >= 0.3 is 5.97 Å². The van der Waals surface area contributed by atoms with E-state index in [1.54, 1.807) is 42.5 Å². The van der Waals surface area contributed by atoms with Gasteiger partial charge in [0.05, 0.1) is 21.0 Å². The van der Waals surface area contributed by atoms with Crippen LogP contribution in [0.15, 0.2) is 77.7 Å². The number of thiazole rings is 1. The Morgan fingerprint density at radius 1 is 1.03 bits per heavy atom. The fourth-order valence-electron chi connectivity index (χ4n) is 3.12. The number of nitrogens with one attached hydrogen (secondary N) is 1. The Bertz CT molecular complexity index is 1420. The normalized spacial score (nSPS) is 11.3. The highest BCUT2D eigenvalue weighted by atomic mass is 32.2. The minimum absolute atomic E-state index is 0.0635. The smallest absolute Gasteiger partial charge is 0.335 e. The summed E-state index contributed by atoms with van der Waals surface area (Å²) in [6.45, 7) is 0. The lowest BCUT2D eigenvalue weighted by Gasteiger charge is -2.07. The molecule has 0 aliphatic carbocycles. The van der Waals surface area contributed by atoms with Crippen molar-refractivity contribution >= 4 is 38.1 Å². The molecule has 7 nitrogen and oxygen atoms in total. The minimum atomic E-state index is -4.02. The van der Waals surface area contributed by atoms with E-state index in [1.165, 1.54) is 41.7 Å². The first-order chi connectivity index (χ1) is 15.2. The van der Waals surface area contributed by atoms with E-state index in [1.807, 2.05) is 0 Å². The van der Waals surface area contributed by atoms with E-state index in [0.29, 0.717) is 32.5 Å². The number of benzene rings is 3. The number of anilines is 2. The summed E-state index contributed by atoms with van der Waals surface area (Å²) in [5.74, 6) is -1.48. The third-order valence-electron chi connectivity index (χ3n) is 4.54. The van der Waals surface area contributed by atoms with Gasteiger partial charge in [-0.1, -0.05) is 35.6 Å². The van der Waals surface area contributed by atoms with Crippen LogP contribution in [-0.4, -0.2) is 24.5 Å². The van der Waals surface area contributed by atoms with Crippen LogP contribution in [0, 0.1) is 5.82 Å². The second kappa shape index (κ2) is 8.50. The molecule has 0 aliphatic heterocycles. The van der Waals surface area contributed by atoms with Crippen molar-refractivity contribution in [3.8, 4) is 21.7 Å². The number of carboxylic acid groups (broad SMARTS) is 1. The maximum Gasteiger partial charge on any atom is 0.335 e. The maximum absolute atomic E-state index is 13.5. The number of sulfonamides is 1. The fraction of sp³-hybridized carbons (Fsp3) is 0. The lowest BCUT2D eigenvalue weighted by molar-refractivity contribution is 0.0697. The Balaban J connectivity index is 1.86. The summed E-state index contributed by atoms with van der Waals surface area (Å²) >= 11 is 1.17. The van der Waals surface area contributed by atoms with Gasteiger partial charge in [0.25, 0.3) is 0 Å². The first-order valence-electron chi connectivity index (χ1n) is 9.22. The first kappa shape index (κ1) is 21.6. The predicted molar refractivity (Wildman–Crippen MR) is 121 cm³/mol. The summed E-state index contributed by atoms with van der Waals surface area (Å²) in [5.41, 5.74) is 1.97. The molecule has 0 spiro atoms. The van der Waals surface area contributed by atoms with Gasteiger partial charge in [-0.3, -0.25) is 0 Å². The van der Waals surface area contributed by atoms with Gasteiger partial charge in [0.2, 0.25) is 10.0 Å². The minimum Gasteiger partial charge on any atom is -0.478 e. The number of primary sulfonamides is 1. The van der Waals surface area contributed by atoms with E-state index in [4.69, 9.17) is 5.14 Å². The molecular formula is C22H16FN3O4S2. The third kappa shape index (κ3) is 4.52. The van der Waals surface area contributed by atoms with Gasteiger partial charge in [0, 0.05) is 16.8 Å². The number of nitrogens with two attached hydrogens (primary N) is 1. The molecule has 0 bridgehead atoms. The van der Waals surface area contributed by atoms with E-state index in [-0.39, 0.29) is 10.5 Å². The molecule has 0 aliphatic rings. The van der Waals surface area contributed by atoms with Gasteiger partial charge in [0.1, 0.15) is 5.82 Å². The van der Waals surface area contributed by atoms with Crippen LogP contribution >= 0.6 is 11.3 Å². The first-order valence-corrected chi connectivity index (χ1v) is 11.6. The summed E-state index contributed by atoms with van der Waals surface area (Å²) in [6, 6.07) is 18.1. The highest BCUT2D eigenvalue weighted by Crippen LogP contribution is 2.42. The van der Waals surface area contributed by atoms with Gasteiger partial charge in [-0.2, -0.15) is 0 Å². The summed E-state index contributed by atoms with van der Waals surface area (Å²) in [5, 5.41) is 18.1.